The second kappa shape index (κ2) is 5.08. The van der Waals surface area contributed by atoms with Crippen molar-refractivity contribution in [2.24, 2.45) is 0 Å². The molecular formula is C13H17N3O2. The van der Waals surface area contributed by atoms with Crippen LogP contribution in [0.2, 0.25) is 0 Å². The summed E-state index contributed by atoms with van der Waals surface area (Å²) in [5, 5.41) is 7.35. The lowest BCUT2D eigenvalue weighted by Gasteiger charge is -2.13. The molecule has 2 aromatic rings. The van der Waals surface area contributed by atoms with Gasteiger partial charge in [-0.3, -0.25) is 0 Å². The molecule has 0 aliphatic rings. The van der Waals surface area contributed by atoms with E-state index in [2.05, 4.69) is 36.2 Å². The van der Waals surface area contributed by atoms with Crippen LogP contribution in [0.15, 0.2) is 22.6 Å². The van der Waals surface area contributed by atoms with Gasteiger partial charge in [0, 0.05) is 0 Å². The van der Waals surface area contributed by atoms with Crippen molar-refractivity contribution in [2.75, 3.05) is 5.73 Å². The Bertz CT molecular complexity index is 535. The van der Waals surface area contributed by atoms with Crippen LogP contribution in [0.5, 0.6) is 5.75 Å². The molecule has 0 saturated carbocycles. The minimum atomic E-state index is 0.0573. The average molecular weight is 247 g/mol. The second-order valence-corrected chi connectivity index (χ2v) is 4.52. The summed E-state index contributed by atoms with van der Waals surface area (Å²) in [5.74, 6) is 1.62. The number of anilines is 1. The van der Waals surface area contributed by atoms with E-state index >= 15 is 0 Å². The molecule has 0 spiro atoms. The lowest BCUT2D eigenvalue weighted by Crippen LogP contribution is -2.00. The third-order valence-corrected chi connectivity index (χ3v) is 2.62. The van der Waals surface area contributed by atoms with Crippen molar-refractivity contribution in [1.82, 2.24) is 10.2 Å². The maximum atomic E-state index is 5.73. The zero-order chi connectivity index (χ0) is 13.1. The van der Waals surface area contributed by atoms with Crippen molar-refractivity contribution >= 4 is 6.01 Å². The summed E-state index contributed by atoms with van der Waals surface area (Å²) in [4.78, 5) is 0. The van der Waals surface area contributed by atoms with Crippen molar-refractivity contribution in [2.45, 2.75) is 33.3 Å². The predicted octanol–water partition coefficient (Wildman–Crippen LogP) is 2.66. The van der Waals surface area contributed by atoms with Crippen LogP contribution in [0.4, 0.5) is 6.01 Å². The van der Waals surface area contributed by atoms with E-state index in [1.807, 2.05) is 13.0 Å². The van der Waals surface area contributed by atoms with E-state index in [4.69, 9.17) is 14.9 Å². The van der Waals surface area contributed by atoms with Crippen LogP contribution in [0.25, 0.3) is 0 Å². The Morgan fingerprint density at radius 1 is 1.33 bits per heavy atom. The first-order valence-electron chi connectivity index (χ1n) is 5.87. The van der Waals surface area contributed by atoms with Crippen LogP contribution in [0.3, 0.4) is 0 Å². The topological polar surface area (TPSA) is 74.2 Å². The first kappa shape index (κ1) is 12.4. The fraction of sp³-hybridized carbons (Fsp3) is 0.385. The lowest BCUT2D eigenvalue weighted by molar-refractivity contribution is 0.261. The molecule has 1 aromatic heterocycles. The monoisotopic (exact) mass is 247 g/mol. The van der Waals surface area contributed by atoms with E-state index in [-0.39, 0.29) is 12.6 Å². The van der Waals surface area contributed by atoms with Crippen molar-refractivity contribution in [1.29, 1.82) is 0 Å². The lowest BCUT2D eigenvalue weighted by atomic mass is 10.0. The number of nitrogen functional groups attached to an aromatic ring is 1. The molecule has 96 valence electrons. The minimum absolute atomic E-state index is 0.0573. The third kappa shape index (κ3) is 2.80. The average Bonchev–Trinajstić information content (AvgIpc) is 2.72. The molecule has 0 radical (unpaired) electrons. The molecule has 0 bridgehead atoms. The smallest absolute Gasteiger partial charge is 0.312 e. The van der Waals surface area contributed by atoms with Gasteiger partial charge in [-0.2, -0.15) is 0 Å². The summed E-state index contributed by atoms with van der Waals surface area (Å²) in [6.45, 7) is 6.51. The molecule has 0 unspecified atom stereocenters. The molecule has 2 rings (SSSR count). The minimum Gasteiger partial charge on any atom is -0.484 e. The van der Waals surface area contributed by atoms with Gasteiger partial charge in [-0.15, -0.1) is 5.10 Å². The molecule has 0 aliphatic heterocycles. The predicted molar refractivity (Wildman–Crippen MR) is 68.3 cm³/mol. The maximum Gasteiger partial charge on any atom is 0.312 e. The fourth-order valence-electron chi connectivity index (χ4n) is 1.71. The van der Waals surface area contributed by atoms with E-state index in [9.17, 15) is 0 Å². The number of nitrogens with two attached hydrogens (primary N) is 1. The Hall–Kier alpha value is -2.04. The number of ether oxygens (including phenoxy) is 1. The molecule has 18 heavy (non-hydrogen) atoms. The number of benzene rings is 1. The summed E-state index contributed by atoms with van der Waals surface area (Å²) >= 11 is 0. The van der Waals surface area contributed by atoms with Crippen molar-refractivity contribution in [3.8, 4) is 5.75 Å². The molecular weight excluding hydrogens is 230 g/mol. The van der Waals surface area contributed by atoms with Gasteiger partial charge in [0.1, 0.15) is 5.75 Å². The summed E-state index contributed by atoms with van der Waals surface area (Å²) in [7, 11) is 0. The summed E-state index contributed by atoms with van der Waals surface area (Å²) in [6.07, 6.45) is 0. The standard InChI is InChI=1S/C13H17N3O2/c1-8(2)10-5-4-9(3)6-11(10)17-7-12-15-16-13(14)18-12/h4-6,8H,7H2,1-3H3,(H2,14,16). The molecule has 0 saturated heterocycles. The first-order valence-corrected chi connectivity index (χ1v) is 5.87. The largest absolute Gasteiger partial charge is 0.484 e. The van der Waals surface area contributed by atoms with Gasteiger partial charge in [0.25, 0.3) is 5.89 Å². The van der Waals surface area contributed by atoms with E-state index in [1.54, 1.807) is 0 Å². The zero-order valence-electron chi connectivity index (χ0n) is 10.8. The van der Waals surface area contributed by atoms with Gasteiger partial charge >= 0.3 is 6.01 Å². The van der Waals surface area contributed by atoms with Gasteiger partial charge in [0.15, 0.2) is 6.61 Å². The molecule has 0 atom stereocenters. The van der Waals surface area contributed by atoms with Crippen molar-refractivity contribution < 1.29 is 9.15 Å². The van der Waals surface area contributed by atoms with Crippen LogP contribution >= 0.6 is 0 Å². The quantitative estimate of drug-likeness (QED) is 0.899. The Morgan fingerprint density at radius 3 is 2.72 bits per heavy atom. The molecule has 1 aromatic carbocycles. The number of aryl methyl sites for hydroxylation is 1. The number of rotatable bonds is 4. The number of nitrogens with zero attached hydrogens (tertiary/aromatic N) is 2. The van der Waals surface area contributed by atoms with Gasteiger partial charge in [0.05, 0.1) is 0 Å². The van der Waals surface area contributed by atoms with Gasteiger partial charge in [-0.25, -0.2) is 0 Å². The normalized spacial score (nSPS) is 10.9. The van der Waals surface area contributed by atoms with E-state index < -0.39 is 0 Å². The molecule has 5 nitrogen and oxygen atoms in total. The van der Waals surface area contributed by atoms with E-state index in [1.165, 1.54) is 0 Å². The van der Waals surface area contributed by atoms with Crippen LogP contribution in [0, 0.1) is 6.92 Å². The summed E-state index contributed by atoms with van der Waals surface area (Å²) in [5.41, 5.74) is 7.67. The fourth-order valence-corrected chi connectivity index (χ4v) is 1.71. The van der Waals surface area contributed by atoms with Crippen LogP contribution in [-0.4, -0.2) is 10.2 Å². The van der Waals surface area contributed by atoms with Crippen molar-refractivity contribution in [3.63, 3.8) is 0 Å². The van der Waals surface area contributed by atoms with Crippen LogP contribution in [0.1, 0.15) is 36.8 Å². The number of hydrogen-bond acceptors (Lipinski definition) is 5. The van der Waals surface area contributed by atoms with Gasteiger partial charge in [-0.1, -0.05) is 31.1 Å². The highest BCUT2D eigenvalue weighted by Gasteiger charge is 2.10. The molecule has 0 aliphatic carbocycles. The number of aromatic nitrogens is 2. The van der Waals surface area contributed by atoms with Crippen LogP contribution < -0.4 is 10.5 Å². The highest BCUT2D eigenvalue weighted by atomic mass is 16.5. The third-order valence-electron chi connectivity index (χ3n) is 2.62. The Labute approximate surface area is 106 Å². The molecule has 0 fully saturated rings. The maximum absolute atomic E-state index is 5.73. The summed E-state index contributed by atoms with van der Waals surface area (Å²) in [6, 6.07) is 6.22. The highest BCUT2D eigenvalue weighted by Crippen LogP contribution is 2.28. The second-order valence-electron chi connectivity index (χ2n) is 4.52. The van der Waals surface area contributed by atoms with Crippen molar-refractivity contribution in [3.05, 3.63) is 35.2 Å². The van der Waals surface area contributed by atoms with E-state index in [0.717, 1.165) is 16.9 Å². The Balaban J connectivity index is 2.15. The number of hydrogen-bond donors (Lipinski definition) is 1. The SMILES string of the molecule is Cc1ccc(C(C)C)c(OCc2nnc(N)o2)c1. The van der Waals surface area contributed by atoms with Crippen LogP contribution in [-0.2, 0) is 6.61 Å². The first-order chi connectivity index (χ1) is 8.56. The summed E-state index contributed by atoms with van der Waals surface area (Å²) < 4.78 is 10.8. The molecule has 5 heteroatoms. The molecule has 0 amide bonds. The Morgan fingerprint density at radius 2 is 2.11 bits per heavy atom. The molecule has 1 heterocycles. The molecule has 2 N–H and O–H groups in total. The van der Waals surface area contributed by atoms with Gasteiger partial charge in [-0.05, 0) is 30.0 Å². The highest BCUT2D eigenvalue weighted by molar-refractivity contribution is 5.39. The van der Waals surface area contributed by atoms with E-state index in [0.29, 0.717) is 11.8 Å². The zero-order valence-corrected chi connectivity index (χ0v) is 10.8. The Kier molecular flexibility index (Phi) is 3.50. The van der Waals surface area contributed by atoms with Gasteiger partial charge < -0.3 is 14.9 Å². The van der Waals surface area contributed by atoms with Gasteiger partial charge in [0.2, 0.25) is 0 Å².